The molecule has 2 aromatic carbocycles. The van der Waals surface area contributed by atoms with Crippen LogP contribution in [-0.2, 0) is 16.8 Å². The summed E-state index contributed by atoms with van der Waals surface area (Å²) in [6, 6.07) is 16.2. The van der Waals surface area contributed by atoms with Gasteiger partial charge < -0.3 is 25.5 Å². The number of hydrogen-bond acceptors (Lipinski definition) is 7. The van der Waals surface area contributed by atoms with Gasteiger partial charge in [0, 0.05) is 36.9 Å². The summed E-state index contributed by atoms with van der Waals surface area (Å²) >= 11 is 0. The van der Waals surface area contributed by atoms with E-state index >= 15 is 0 Å². The molecule has 4 N–H and O–H groups in total. The molecule has 1 amide bonds. The Hall–Kier alpha value is -2.49. The van der Waals surface area contributed by atoms with Gasteiger partial charge in [-0.3, -0.25) is 10.2 Å². The largest absolute Gasteiger partial charge is 0.386 e. The number of piperazine rings is 1. The molecule has 0 radical (unpaired) electrons. The molecule has 190 valence electrons. The molecule has 2 aliphatic rings. The molecule has 8 nitrogen and oxygen atoms in total. The number of carbonyl (C=O) groups excluding carboxylic acids is 1. The Balaban J connectivity index is 1.50. The topological polar surface area (TPSA) is 83.1 Å². The summed E-state index contributed by atoms with van der Waals surface area (Å²) in [5.74, 6) is 0.140. The number of amides is 1. The number of anilines is 2. The highest BCUT2D eigenvalue weighted by atomic mass is 16.3. The lowest BCUT2D eigenvalue weighted by molar-refractivity contribution is -0.120. The Morgan fingerprint density at radius 2 is 1.60 bits per heavy atom. The van der Waals surface area contributed by atoms with Crippen LogP contribution >= 0.6 is 0 Å². The molecule has 2 saturated heterocycles. The van der Waals surface area contributed by atoms with Crippen LogP contribution in [0.4, 0.5) is 11.4 Å². The maximum Gasteiger partial charge on any atom is 0.230 e. The molecule has 4 rings (SSSR count). The number of hydrazine groups is 1. The first-order valence-electron chi connectivity index (χ1n) is 12.5. The normalized spacial score (nSPS) is 23.8. The fourth-order valence-corrected chi connectivity index (χ4v) is 5.35. The average molecular weight is 481 g/mol. The molecular formula is C27H40N6O2. The quantitative estimate of drug-likeness (QED) is 0.459. The lowest BCUT2D eigenvalue weighted by atomic mass is 9.96. The van der Waals surface area contributed by atoms with E-state index in [1.54, 1.807) is 13.8 Å². The van der Waals surface area contributed by atoms with E-state index in [1.807, 2.05) is 50.3 Å². The Labute approximate surface area is 209 Å². The van der Waals surface area contributed by atoms with Crippen LogP contribution in [0.2, 0.25) is 0 Å². The van der Waals surface area contributed by atoms with Gasteiger partial charge in [-0.2, -0.15) is 0 Å². The zero-order chi connectivity index (χ0) is 25.2. The molecule has 35 heavy (non-hydrogen) atoms. The Bertz CT molecular complexity index is 991. The van der Waals surface area contributed by atoms with Crippen LogP contribution in [0.15, 0.2) is 48.5 Å². The summed E-state index contributed by atoms with van der Waals surface area (Å²) in [5, 5.41) is 19.3. The summed E-state index contributed by atoms with van der Waals surface area (Å²) in [6.07, 6.45) is 1.87. The Kier molecular flexibility index (Phi) is 7.78. The smallest absolute Gasteiger partial charge is 0.230 e. The highest BCUT2D eigenvalue weighted by molar-refractivity contribution is 5.97. The number of likely N-dealkylation sites (N-methyl/N-ethyl adjacent to an activating group) is 2. The van der Waals surface area contributed by atoms with Crippen molar-refractivity contribution < 1.29 is 9.90 Å². The lowest BCUT2D eigenvalue weighted by Crippen LogP contribution is -2.69. The Morgan fingerprint density at radius 3 is 2.17 bits per heavy atom. The minimum absolute atomic E-state index is 0.0381. The van der Waals surface area contributed by atoms with Crippen molar-refractivity contribution in [1.82, 2.24) is 21.1 Å². The second kappa shape index (κ2) is 10.6. The molecule has 3 atom stereocenters. The van der Waals surface area contributed by atoms with Crippen LogP contribution in [0.5, 0.6) is 0 Å². The van der Waals surface area contributed by atoms with Gasteiger partial charge in [-0.15, -0.1) is 0 Å². The van der Waals surface area contributed by atoms with Crippen LogP contribution in [0.25, 0.3) is 0 Å². The first-order valence-corrected chi connectivity index (χ1v) is 12.5. The molecule has 0 aliphatic carbocycles. The number of hydrogen-bond donors (Lipinski definition) is 4. The number of benzene rings is 2. The van der Waals surface area contributed by atoms with Gasteiger partial charge in [-0.1, -0.05) is 30.3 Å². The van der Waals surface area contributed by atoms with Gasteiger partial charge in [0.1, 0.15) is 0 Å². The first-order chi connectivity index (χ1) is 16.8. The van der Waals surface area contributed by atoms with Gasteiger partial charge in [0.25, 0.3) is 0 Å². The molecular weight excluding hydrogens is 440 g/mol. The van der Waals surface area contributed by atoms with Gasteiger partial charge in [0.2, 0.25) is 5.91 Å². The third-order valence-corrected chi connectivity index (χ3v) is 7.38. The summed E-state index contributed by atoms with van der Waals surface area (Å²) in [4.78, 5) is 17.7. The highest BCUT2D eigenvalue weighted by Crippen LogP contribution is 2.32. The van der Waals surface area contributed by atoms with Crippen molar-refractivity contribution in [3.8, 4) is 0 Å². The second-order valence-corrected chi connectivity index (χ2v) is 10.1. The molecule has 2 aliphatic heterocycles. The third-order valence-electron chi connectivity index (χ3n) is 7.38. The highest BCUT2D eigenvalue weighted by Gasteiger charge is 2.36. The van der Waals surface area contributed by atoms with Crippen molar-refractivity contribution in [2.45, 2.75) is 44.6 Å². The number of carbonyl (C=O) groups is 1. The maximum atomic E-state index is 13.4. The van der Waals surface area contributed by atoms with Crippen LogP contribution in [0, 0.1) is 5.92 Å². The van der Waals surface area contributed by atoms with Crippen molar-refractivity contribution in [1.29, 1.82) is 0 Å². The van der Waals surface area contributed by atoms with Gasteiger partial charge in [0.15, 0.2) is 0 Å². The van der Waals surface area contributed by atoms with Crippen molar-refractivity contribution in [3.63, 3.8) is 0 Å². The fourth-order valence-electron chi connectivity index (χ4n) is 5.35. The molecule has 0 saturated carbocycles. The molecule has 2 heterocycles. The van der Waals surface area contributed by atoms with E-state index in [1.165, 1.54) is 11.3 Å². The SMILES string of the molecule is CNC1CN(c2ccccc2CC2CCN(c3ccc(C(C)(C)O)cc3)C2=O)CC(NC)N1NC. The summed E-state index contributed by atoms with van der Waals surface area (Å²) in [5.41, 5.74) is 6.57. The number of nitrogens with one attached hydrogen (secondary N) is 3. The molecule has 3 unspecified atom stereocenters. The summed E-state index contributed by atoms with van der Waals surface area (Å²) in [7, 11) is 5.92. The van der Waals surface area contributed by atoms with E-state index in [-0.39, 0.29) is 24.2 Å². The van der Waals surface area contributed by atoms with Crippen LogP contribution in [-0.4, -0.2) is 69.1 Å². The monoisotopic (exact) mass is 480 g/mol. The maximum absolute atomic E-state index is 13.4. The van der Waals surface area contributed by atoms with Crippen molar-refractivity contribution in [2.75, 3.05) is 50.6 Å². The molecule has 8 heteroatoms. The molecule has 0 spiro atoms. The van der Waals surface area contributed by atoms with E-state index in [0.717, 1.165) is 43.7 Å². The van der Waals surface area contributed by atoms with E-state index in [4.69, 9.17) is 0 Å². The average Bonchev–Trinajstić information content (AvgIpc) is 3.22. The minimum Gasteiger partial charge on any atom is -0.386 e. The third kappa shape index (κ3) is 5.37. The predicted octanol–water partition coefficient (Wildman–Crippen LogP) is 1.86. The molecule has 2 fully saturated rings. The summed E-state index contributed by atoms with van der Waals surface area (Å²) < 4.78 is 0. The standard InChI is InChI=1S/C27H40N6O2/c1-27(2,35)21-10-12-22(13-11-21)32-15-14-20(26(32)34)16-19-8-6-7-9-23(19)31-17-24(28-3)33(30-5)25(18-31)29-4/h6-13,20,24-25,28-30,35H,14-18H2,1-5H3. The molecule has 2 aromatic rings. The van der Waals surface area contributed by atoms with Crippen LogP contribution in [0.1, 0.15) is 31.4 Å². The van der Waals surface area contributed by atoms with Gasteiger partial charge >= 0.3 is 0 Å². The van der Waals surface area contributed by atoms with Gasteiger partial charge in [-0.25, -0.2) is 5.01 Å². The van der Waals surface area contributed by atoms with Crippen LogP contribution in [0.3, 0.4) is 0 Å². The summed E-state index contributed by atoms with van der Waals surface area (Å²) in [6.45, 7) is 5.94. The number of aliphatic hydroxyl groups is 1. The van der Waals surface area contributed by atoms with Gasteiger partial charge in [-0.05, 0) is 77.2 Å². The zero-order valence-corrected chi connectivity index (χ0v) is 21.6. The van der Waals surface area contributed by atoms with Crippen LogP contribution < -0.4 is 25.9 Å². The molecule has 0 bridgehead atoms. The number of para-hydroxylation sites is 1. The first kappa shape index (κ1) is 25.6. The predicted molar refractivity (Wildman–Crippen MR) is 141 cm³/mol. The zero-order valence-electron chi connectivity index (χ0n) is 21.6. The second-order valence-electron chi connectivity index (χ2n) is 10.1. The van der Waals surface area contributed by atoms with Crippen molar-refractivity contribution >= 4 is 17.3 Å². The fraction of sp³-hybridized carbons (Fsp3) is 0.519. The van der Waals surface area contributed by atoms with Crippen molar-refractivity contribution in [3.05, 3.63) is 59.7 Å². The van der Waals surface area contributed by atoms with Gasteiger partial charge in [0.05, 0.1) is 17.9 Å². The van der Waals surface area contributed by atoms with E-state index in [2.05, 4.69) is 50.2 Å². The molecule has 0 aromatic heterocycles. The lowest BCUT2D eigenvalue weighted by Gasteiger charge is -2.47. The van der Waals surface area contributed by atoms with E-state index in [9.17, 15) is 9.90 Å². The van der Waals surface area contributed by atoms with Crippen molar-refractivity contribution in [2.24, 2.45) is 5.92 Å². The minimum atomic E-state index is -0.892. The number of rotatable bonds is 8. The van der Waals surface area contributed by atoms with E-state index < -0.39 is 5.60 Å². The number of nitrogens with zero attached hydrogens (tertiary/aromatic N) is 3. The Morgan fingerprint density at radius 1 is 0.971 bits per heavy atom. The van der Waals surface area contributed by atoms with E-state index in [0.29, 0.717) is 0 Å².